The number of hydrogen-bond acceptors (Lipinski definition) is 5. The summed E-state index contributed by atoms with van der Waals surface area (Å²) in [5, 5.41) is 2.28. The average Bonchev–Trinajstić information content (AvgIpc) is 2.79. The van der Waals surface area contributed by atoms with E-state index in [0.29, 0.717) is 19.3 Å². The fourth-order valence-electron chi connectivity index (χ4n) is 5.28. The monoisotopic (exact) mass is 377 g/mol. The summed E-state index contributed by atoms with van der Waals surface area (Å²) in [4.78, 5) is 52.0. The molecule has 7 nitrogen and oxygen atoms in total. The van der Waals surface area contributed by atoms with Gasteiger partial charge >= 0.3 is 0 Å². The van der Waals surface area contributed by atoms with Gasteiger partial charge in [0.1, 0.15) is 6.04 Å². The minimum absolute atomic E-state index is 0.148. The number of imide groups is 2. The Morgan fingerprint density at radius 3 is 2.48 bits per heavy atom. The maximum Gasteiger partial charge on any atom is 0.249 e. The van der Waals surface area contributed by atoms with E-state index in [0.717, 1.165) is 32.1 Å². The molecule has 7 heteroatoms. The Labute approximate surface area is 160 Å². The molecule has 3 N–H and O–H groups in total. The molecule has 1 saturated carbocycles. The number of fused-ring (bicyclic) bond motifs is 1. The molecule has 4 unspecified atom stereocenters. The first-order valence-electron chi connectivity index (χ1n) is 10.3. The van der Waals surface area contributed by atoms with E-state index < -0.39 is 28.8 Å². The van der Waals surface area contributed by atoms with Crippen LogP contribution in [0, 0.1) is 11.3 Å². The Morgan fingerprint density at radius 2 is 1.85 bits per heavy atom. The van der Waals surface area contributed by atoms with Crippen molar-refractivity contribution in [1.29, 1.82) is 0 Å². The van der Waals surface area contributed by atoms with Crippen LogP contribution in [0.4, 0.5) is 0 Å². The highest BCUT2D eigenvalue weighted by Crippen LogP contribution is 2.52. The minimum Gasteiger partial charge on any atom is -0.325 e. The van der Waals surface area contributed by atoms with Gasteiger partial charge < -0.3 is 5.73 Å². The molecule has 4 atom stereocenters. The number of carbonyl (C=O) groups excluding carboxylic acids is 4. The fraction of sp³-hybridized carbons (Fsp3) is 0.800. The van der Waals surface area contributed by atoms with Gasteiger partial charge in [-0.05, 0) is 38.5 Å². The van der Waals surface area contributed by atoms with Crippen LogP contribution in [0.15, 0.2) is 0 Å². The Bertz CT molecular complexity index is 664. The van der Waals surface area contributed by atoms with Crippen LogP contribution in [0.5, 0.6) is 0 Å². The molecule has 150 valence electrons. The van der Waals surface area contributed by atoms with Gasteiger partial charge in [-0.25, -0.2) is 0 Å². The van der Waals surface area contributed by atoms with E-state index in [-0.39, 0.29) is 30.6 Å². The number of piperidine rings is 1. The second-order valence-corrected chi connectivity index (χ2v) is 8.57. The molecule has 3 fully saturated rings. The van der Waals surface area contributed by atoms with Gasteiger partial charge in [-0.2, -0.15) is 0 Å². The van der Waals surface area contributed by atoms with E-state index in [9.17, 15) is 19.2 Å². The zero-order valence-electron chi connectivity index (χ0n) is 16.4. The molecule has 1 aliphatic carbocycles. The van der Waals surface area contributed by atoms with Crippen molar-refractivity contribution >= 4 is 23.6 Å². The Morgan fingerprint density at radius 1 is 1.15 bits per heavy atom. The number of nitrogens with one attached hydrogen (secondary N) is 1. The number of amides is 4. The van der Waals surface area contributed by atoms with Crippen LogP contribution in [0.1, 0.15) is 78.1 Å². The standard InChI is InChI=1S/C20H31N3O4/c1-3-9-20-11-6-5-10-19(21,4-2)12-13(20)17(26)23(18(20)27)14-7-8-15(24)22-16(14)25/h13-14H,3-12,21H2,1-2H3,(H,22,24,25). The Balaban J connectivity index is 2.00. The van der Waals surface area contributed by atoms with E-state index in [2.05, 4.69) is 5.32 Å². The summed E-state index contributed by atoms with van der Waals surface area (Å²) < 4.78 is 0. The molecular formula is C20H31N3O4. The smallest absolute Gasteiger partial charge is 0.249 e. The zero-order chi connectivity index (χ0) is 19.8. The normalized spacial score (nSPS) is 37.7. The highest BCUT2D eigenvalue weighted by Gasteiger charge is 2.61. The predicted molar refractivity (Wildman–Crippen MR) is 99.2 cm³/mol. The molecule has 2 aliphatic heterocycles. The van der Waals surface area contributed by atoms with Crippen molar-refractivity contribution in [3.63, 3.8) is 0 Å². The number of hydrogen-bond donors (Lipinski definition) is 2. The van der Waals surface area contributed by atoms with Crippen LogP contribution in [0.3, 0.4) is 0 Å². The summed E-state index contributed by atoms with van der Waals surface area (Å²) in [6.45, 7) is 4.05. The average molecular weight is 377 g/mol. The first-order valence-corrected chi connectivity index (χ1v) is 10.3. The third kappa shape index (κ3) is 3.30. The van der Waals surface area contributed by atoms with Crippen LogP contribution in [-0.4, -0.2) is 40.1 Å². The zero-order valence-corrected chi connectivity index (χ0v) is 16.4. The molecule has 0 aromatic rings. The van der Waals surface area contributed by atoms with Gasteiger partial charge in [-0.1, -0.05) is 33.1 Å². The first kappa shape index (κ1) is 20.0. The lowest BCUT2D eigenvalue weighted by Crippen LogP contribution is -2.55. The minimum atomic E-state index is -0.876. The van der Waals surface area contributed by atoms with Crippen molar-refractivity contribution < 1.29 is 19.2 Å². The van der Waals surface area contributed by atoms with Crippen molar-refractivity contribution in [2.24, 2.45) is 17.1 Å². The summed E-state index contributed by atoms with van der Waals surface area (Å²) >= 11 is 0. The molecule has 0 aromatic heterocycles. The van der Waals surface area contributed by atoms with Crippen molar-refractivity contribution in [2.45, 2.75) is 89.6 Å². The maximum atomic E-state index is 13.6. The molecule has 2 heterocycles. The van der Waals surface area contributed by atoms with Gasteiger partial charge in [0.25, 0.3) is 0 Å². The molecule has 3 aliphatic rings. The lowest BCUT2D eigenvalue weighted by atomic mass is 9.63. The molecule has 3 rings (SSSR count). The topological polar surface area (TPSA) is 110 Å². The van der Waals surface area contributed by atoms with Crippen LogP contribution in [0.2, 0.25) is 0 Å². The van der Waals surface area contributed by atoms with Gasteiger partial charge in [0.2, 0.25) is 23.6 Å². The van der Waals surface area contributed by atoms with E-state index in [1.807, 2.05) is 13.8 Å². The second-order valence-electron chi connectivity index (χ2n) is 8.57. The maximum absolute atomic E-state index is 13.6. The molecule has 27 heavy (non-hydrogen) atoms. The molecule has 2 saturated heterocycles. The van der Waals surface area contributed by atoms with Crippen LogP contribution >= 0.6 is 0 Å². The van der Waals surface area contributed by atoms with Crippen LogP contribution in [0.25, 0.3) is 0 Å². The third-order valence-electron chi connectivity index (χ3n) is 6.93. The SMILES string of the molecule is CCCC12CCCCC(N)(CC)CC1C(=O)N(C1CCC(=O)NC1=O)C2=O. The van der Waals surface area contributed by atoms with Crippen molar-refractivity contribution in [1.82, 2.24) is 10.2 Å². The van der Waals surface area contributed by atoms with E-state index >= 15 is 0 Å². The molecule has 0 radical (unpaired) electrons. The molecule has 0 spiro atoms. The van der Waals surface area contributed by atoms with Gasteiger partial charge in [0.05, 0.1) is 11.3 Å². The predicted octanol–water partition coefficient (Wildman–Crippen LogP) is 1.63. The summed E-state index contributed by atoms with van der Waals surface area (Å²) in [6.07, 6.45) is 6.34. The van der Waals surface area contributed by atoms with Crippen LogP contribution < -0.4 is 11.1 Å². The summed E-state index contributed by atoms with van der Waals surface area (Å²) in [5.74, 6) is -1.86. The number of carbonyl (C=O) groups is 4. The van der Waals surface area contributed by atoms with Gasteiger partial charge in [-0.3, -0.25) is 29.4 Å². The van der Waals surface area contributed by atoms with E-state index in [1.165, 1.54) is 4.90 Å². The highest BCUT2D eigenvalue weighted by atomic mass is 16.2. The Hall–Kier alpha value is -1.76. The fourth-order valence-corrected chi connectivity index (χ4v) is 5.28. The quantitative estimate of drug-likeness (QED) is 0.724. The van der Waals surface area contributed by atoms with Gasteiger partial charge in [-0.15, -0.1) is 0 Å². The summed E-state index contributed by atoms with van der Waals surface area (Å²) in [5.41, 5.74) is 5.40. The number of nitrogens with two attached hydrogens (primary N) is 1. The van der Waals surface area contributed by atoms with Gasteiger partial charge in [0, 0.05) is 12.0 Å². The first-order chi connectivity index (χ1) is 12.8. The third-order valence-corrected chi connectivity index (χ3v) is 6.93. The molecule has 0 aromatic carbocycles. The van der Waals surface area contributed by atoms with Crippen molar-refractivity contribution in [3.8, 4) is 0 Å². The lowest BCUT2D eigenvalue weighted by Gasteiger charge is -2.40. The molecule has 4 amide bonds. The number of nitrogens with zero attached hydrogens (tertiary/aromatic N) is 1. The summed E-state index contributed by atoms with van der Waals surface area (Å²) in [7, 11) is 0. The van der Waals surface area contributed by atoms with Crippen molar-refractivity contribution in [3.05, 3.63) is 0 Å². The number of rotatable bonds is 4. The van der Waals surface area contributed by atoms with E-state index in [1.54, 1.807) is 0 Å². The highest BCUT2D eigenvalue weighted by molar-refractivity contribution is 6.12. The largest absolute Gasteiger partial charge is 0.325 e. The van der Waals surface area contributed by atoms with Crippen molar-refractivity contribution in [2.75, 3.05) is 0 Å². The molecular weight excluding hydrogens is 346 g/mol. The number of likely N-dealkylation sites (tertiary alicyclic amines) is 1. The molecule has 0 bridgehead atoms. The van der Waals surface area contributed by atoms with Crippen LogP contribution in [-0.2, 0) is 19.2 Å². The van der Waals surface area contributed by atoms with E-state index in [4.69, 9.17) is 5.73 Å². The summed E-state index contributed by atoms with van der Waals surface area (Å²) in [6, 6.07) is -0.876. The Kier molecular flexibility index (Phi) is 5.43. The van der Waals surface area contributed by atoms with Gasteiger partial charge in [0.15, 0.2) is 0 Å². The lowest BCUT2D eigenvalue weighted by molar-refractivity contribution is -0.152. The second kappa shape index (κ2) is 7.34.